The maximum absolute atomic E-state index is 2.45. The number of hydrogen-bond donors (Lipinski definition) is 0. The second-order valence-electron chi connectivity index (χ2n) is 15.7. The van der Waals surface area contributed by atoms with E-state index in [2.05, 4.69) is 232 Å². The monoisotopic (exact) mass is 732 g/mol. The largest absolute Gasteiger partial charge is 0.0622 e. The molecule has 0 fully saturated rings. The zero-order valence-electron chi connectivity index (χ0n) is 32.8. The van der Waals surface area contributed by atoms with Crippen LogP contribution >= 0.6 is 0 Å². The highest BCUT2D eigenvalue weighted by Gasteiger charge is 2.29. The maximum atomic E-state index is 2.45. The molecular formula is C57H48. The molecular weight excluding hydrogens is 685 g/mol. The zero-order valence-corrected chi connectivity index (χ0v) is 32.8. The third-order valence-corrected chi connectivity index (χ3v) is 12.2. The van der Waals surface area contributed by atoms with Gasteiger partial charge in [0, 0.05) is 11.8 Å². The molecule has 0 aliphatic heterocycles. The van der Waals surface area contributed by atoms with Gasteiger partial charge in [0.1, 0.15) is 0 Å². The van der Waals surface area contributed by atoms with Gasteiger partial charge >= 0.3 is 0 Å². The van der Waals surface area contributed by atoms with Crippen LogP contribution in [0, 0.1) is 0 Å². The molecule has 0 bridgehead atoms. The molecule has 4 unspecified atom stereocenters. The fourth-order valence-electron chi connectivity index (χ4n) is 9.49. The van der Waals surface area contributed by atoms with Gasteiger partial charge < -0.3 is 0 Å². The van der Waals surface area contributed by atoms with E-state index in [1.54, 1.807) is 0 Å². The van der Waals surface area contributed by atoms with Crippen LogP contribution in [0.2, 0.25) is 0 Å². The topological polar surface area (TPSA) is 0 Å². The SMILES string of the molecule is CC(CC(c1ccccc1)c1ccc(-c2ccccc2)cc1)c1c2ccccc2c(C(C)C(c2ccccc2)c2ccc(-c3ccccc3)cc2)c2ccccc12. The van der Waals surface area contributed by atoms with Crippen molar-refractivity contribution in [1.82, 2.24) is 0 Å². The average Bonchev–Trinajstić information content (AvgIpc) is 3.29. The molecule has 0 amide bonds. The lowest BCUT2D eigenvalue weighted by molar-refractivity contribution is 0.622. The number of fused-ring (bicyclic) bond motifs is 2. The van der Waals surface area contributed by atoms with E-state index in [1.165, 1.54) is 77.2 Å². The molecule has 0 radical (unpaired) electrons. The van der Waals surface area contributed by atoms with E-state index in [0.717, 1.165) is 6.42 Å². The van der Waals surface area contributed by atoms with Crippen molar-refractivity contribution in [3.63, 3.8) is 0 Å². The van der Waals surface area contributed by atoms with Crippen LogP contribution in [0.3, 0.4) is 0 Å². The van der Waals surface area contributed by atoms with Crippen LogP contribution in [0.25, 0.3) is 43.8 Å². The molecule has 0 heterocycles. The van der Waals surface area contributed by atoms with Crippen molar-refractivity contribution in [1.29, 1.82) is 0 Å². The standard InChI is InChI=1S/C57H48/c1-40(39-54(46-23-11-5-12-24-46)47-35-31-44(32-36-47)42-19-7-3-8-20-42)55-50-27-15-17-29-52(50)57(53-30-18-16-28-51(53)55)41(2)56(48-25-13-6-14-26-48)49-37-33-45(34-38-49)43-21-9-4-10-22-43/h3-38,40-41,54,56H,39H2,1-2H3. The first-order chi connectivity index (χ1) is 28.1. The minimum absolute atomic E-state index is 0.174. The number of benzene rings is 9. The minimum atomic E-state index is 0.174. The lowest BCUT2D eigenvalue weighted by Crippen LogP contribution is -2.13. The van der Waals surface area contributed by atoms with Crippen molar-refractivity contribution in [3.8, 4) is 22.3 Å². The summed E-state index contributed by atoms with van der Waals surface area (Å²) >= 11 is 0. The molecule has 9 rings (SSSR count). The van der Waals surface area contributed by atoms with Gasteiger partial charge in [0.25, 0.3) is 0 Å². The van der Waals surface area contributed by atoms with E-state index in [0.29, 0.717) is 5.92 Å². The molecule has 57 heavy (non-hydrogen) atoms. The van der Waals surface area contributed by atoms with Gasteiger partial charge in [0.15, 0.2) is 0 Å². The lowest BCUT2D eigenvalue weighted by Gasteiger charge is -2.30. The van der Waals surface area contributed by atoms with E-state index >= 15 is 0 Å². The first-order valence-electron chi connectivity index (χ1n) is 20.5. The number of hydrogen-bond acceptors (Lipinski definition) is 0. The molecule has 0 saturated carbocycles. The molecule has 0 aliphatic rings. The second kappa shape index (κ2) is 16.3. The van der Waals surface area contributed by atoms with Crippen molar-refractivity contribution >= 4 is 21.5 Å². The first-order valence-corrected chi connectivity index (χ1v) is 20.5. The number of rotatable bonds is 11. The van der Waals surface area contributed by atoms with Crippen molar-refractivity contribution < 1.29 is 0 Å². The predicted octanol–water partition coefficient (Wildman–Crippen LogP) is 15.6. The molecule has 0 spiro atoms. The van der Waals surface area contributed by atoms with Crippen molar-refractivity contribution in [2.24, 2.45) is 0 Å². The summed E-state index contributed by atoms with van der Waals surface area (Å²) < 4.78 is 0. The lowest BCUT2D eigenvalue weighted by atomic mass is 9.73. The van der Waals surface area contributed by atoms with Gasteiger partial charge in [0.2, 0.25) is 0 Å². The van der Waals surface area contributed by atoms with Gasteiger partial charge in [-0.25, -0.2) is 0 Å². The third kappa shape index (κ3) is 7.32. The Kier molecular flexibility index (Phi) is 10.3. The van der Waals surface area contributed by atoms with Crippen LogP contribution in [0.5, 0.6) is 0 Å². The van der Waals surface area contributed by atoms with Gasteiger partial charge in [-0.05, 0) is 95.4 Å². The molecule has 0 N–H and O–H groups in total. The third-order valence-electron chi connectivity index (χ3n) is 12.2. The minimum Gasteiger partial charge on any atom is -0.0622 e. The highest BCUT2D eigenvalue weighted by molar-refractivity contribution is 6.06. The Bertz CT molecular complexity index is 2640. The normalized spacial score (nSPS) is 13.6. The Hall–Kier alpha value is -6.50. The van der Waals surface area contributed by atoms with Gasteiger partial charge in [-0.15, -0.1) is 0 Å². The van der Waals surface area contributed by atoms with Crippen LogP contribution in [0.15, 0.2) is 218 Å². The fraction of sp³-hybridized carbons (Fsp3) is 0.123. The summed E-state index contributed by atoms with van der Waals surface area (Å²) in [6.45, 7) is 4.90. The van der Waals surface area contributed by atoms with E-state index in [-0.39, 0.29) is 17.8 Å². The Morgan fingerprint density at radius 2 is 0.614 bits per heavy atom. The van der Waals surface area contributed by atoms with Crippen LogP contribution in [-0.4, -0.2) is 0 Å². The zero-order chi connectivity index (χ0) is 38.6. The molecule has 9 aromatic carbocycles. The summed E-state index contributed by atoms with van der Waals surface area (Å²) in [5, 5.41) is 5.44. The molecule has 0 aromatic heterocycles. The van der Waals surface area contributed by atoms with Crippen LogP contribution < -0.4 is 0 Å². The maximum Gasteiger partial charge on any atom is 0.0156 e. The highest BCUT2D eigenvalue weighted by atomic mass is 14.3. The molecule has 276 valence electrons. The van der Waals surface area contributed by atoms with Gasteiger partial charge in [-0.2, -0.15) is 0 Å². The van der Waals surface area contributed by atoms with Crippen LogP contribution in [0.1, 0.15) is 77.3 Å². The molecule has 0 saturated heterocycles. The van der Waals surface area contributed by atoms with E-state index in [9.17, 15) is 0 Å². The van der Waals surface area contributed by atoms with Crippen LogP contribution in [0.4, 0.5) is 0 Å². The van der Waals surface area contributed by atoms with E-state index in [1.807, 2.05) is 0 Å². The van der Waals surface area contributed by atoms with Gasteiger partial charge in [-0.1, -0.05) is 232 Å². The molecule has 0 heteroatoms. The van der Waals surface area contributed by atoms with Gasteiger partial charge in [0.05, 0.1) is 0 Å². The Morgan fingerprint density at radius 1 is 0.298 bits per heavy atom. The van der Waals surface area contributed by atoms with Crippen molar-refractivity contribution in [2.45, 2.75) is 43.9 Å². The van der Waals surface area contributed by atoms with Crippen molar-refractivity contribution in [2.75, 3.05) is 0 Å². The second-order valence-corrected chi connectivity index (χ2v) is 15.7. The smallest absolute Gasteiger partial charge is 0.0156 e. The quantitative estimate of drug-likeness (QED) is 0.116. The Labute approximate surface area is 338 Å². The first kappa shape index (κ1) is 36.2. The highest BCUT2D eigenvalue weighted by Crippen LogP contribution is 2.48. The van der Waals surface area contributed by atoms with Crippen LogP contribution in [-0.2, 0) is 0 Å². The predicted molar refractivity (Wildman–Crippen MR) is 243 cm³/mol. The summed E-state index contributed by atoms with van der Waals surface area (Å²) in [6.07, 6.45) is 0.998. The summed E-state index contributed by atoms with van der Waals surface area (Å²) in [7, 11) is 0. The summed E-state index contributed by atoms with van der Waals surface area (Å²) in [5.74, 6) is 0.920. The molecule has 0 nitrogen and oxygen atoms in total. The Balaban J connectivity index is 1.14. The molecule has 9 aromatic rings. The van der Waals surface area contributed by atoms with Crippen molar-refractivity contribution in [3.05, 3.63) is 252 Å². The van der Waals surface area contributed by atoms with E-state index in [4.69, 9.17) is 0 Å². The summed E-state index contributed by atoms with van der Waals surface area (Å²) in [5.41, 5.74) is 13.3. The average molecular weight is 733 g/mol. The summed E-state index contributed by atoms with van der Waals surface area (Å²) in [4.78, 5) is 0. The molecule has 0 aliphatic carbocycles. The summed E-state index contributed by atoms with van der Waals surface area (Å²) in [6, 6.07) is 80.7. The molecule has 4 atom stereocenters. The van der Waals surface area contributed by atoms with E-state index < -0.39 is 0 Å². The van der Waals surface area contributed by atoms with Gasteiger partial charge in [-0.3, -0.25) is 0 Å². The Morgan fingerprint density at radius 3 is 1.07 bits per heavy atom. The fourth-order valence-corrected chi connectivity index (χ4v) is 9.49.